The van der Waals surface area contributed by atoms with Crippen LogP contribution in [0.3, 0.4) is 0 Å². The van der Waals surface area contributed by atoms with E-state index < -0.39 is 0 Å². The predicted octanol–water partition coefficient (Wildman–Crippen LogP) is 9.87. The van der Waals surface area contributed by atoms with Crippen molar-refractivity contribution in [3.63, 3.8) is 0 Å². The van der Waals surface area contributed by atoms with Crippen LogP contribution in [-0.2, 0) is 0 Å². The van der Waals surface area contributed by atoms with E-state index in [1.807, 2.05) is 12.1 Å². The summed E-state index contributed by atoms with van der Waals surface area (Å²) in [6, 6.07) is 39.2. The van der Waals surface area contributed by atoms with Crippen molar-refractivity contribution < 1.29 is 4.42 Å². The molecule has 8 rings (SSSR count). The van der Waals surface area contributed by atoms with Crippen LogP contribution >= 0.6 is 0 Å². The first-order valence-electron chi connectivity index (χ1n) is 13.2. The van der Waals surface area contributed by atoms with Gasteiger partial charge < -0.3 is 9.73 Å². The number of benzene rings is 6. The quantitative estimate of drug-likeness (QED) is 0.251. The second kappa shape index (κ2) is 8.36. The van der Waals surface area contributed by atoms with Gasteiger partial charge in [-0.2, -0.15) is 0 Å². The summed E-state index contributed by atoms with van der Waals surface area (Å²) in [5, 5.41) is 13.9. The minimum atomic E-state index is 0.234. The van der Waals surface area contributed by atoms with Crippen molar-refractivity contribution in [1.82, 2.24) is 0 Å². The molecule has 0 aliphatic heterocycles. The predicted molar refractivity (Wildman–Crippen MR) is 162 cm³/mol. The fourth-order valence-electron chi connectivity index (χ4n) is 6.11. The van der Waals surface area contributed by atoms with E-state index >= 15 is 0 Å². The zero-order chi connectivity index (χ0) is 25.1. The number of rotatable bonds is 3. The lowest BCUT2D eigenvalue weighted by atomic mass is 9.93. The van der Waals surface area contributed by atoms with E-state index in [-0.39, 0.29) is 6.04 Å². The van der Waals surface area contributed by atoms with Gasteiger partial charge in [0.15, 0.2) is 0 Å². The Balaban J connectivity index is 1.13. The largest absolute Gasteiger partial charge is 0.455 e. The van der Waals surface area contributed by atoms with Crippen LogP contribution in [0.15, 0.2) is 132 Å². The number of hydrogen-bond acceptors (Lipinski definition) is 2. The Morgan fingerprint density at radius 3 is 1.92 bits per heavy atom. The van der Waals surface area contributed by atoms with E-state index in [2.05, 4.69) is 121 Å². The molecule has 0 bridgehead atoms. The standard InChI is InChI=1S/C36H25NO/c1-2-10-29-27(8-1)28-9-3-4-11-30(28)34-22-25(20-21-31(29)34)37-24-18-16-23(17-19-24)26-13-7-14-33-32-12-5-6-15-35(32)38-36(26)33/h1-18,20-22,24,37H,19H2. The molecule has 1 aliphatic rings. The van der Waals surface area contributed by atoms with Crippen LogP contribution in [0.4, 0.5) is 5.69 Å². The first-order valence-corrected chi connectivity index (χ1v) is 13.2. The minimum Gasteiger partial charge on any atom is -0.455 e. The van der Waals surface area contributed by atoms with Gasteiger partial charge in [0.2, 0.25) is 0 Å². The van der Waals surface area contributed by atoms with E-state index in [1.165, 1.54) is 48.7 Å². The highest BCUT2D eigenvalue weighted by molar-refractivity contribution is 6.25. The average molecular weight is 488 g/mol. The van der Waals surface area contributed by atoms with Gasteiger partial charge in [-0.1, -0.05) is 109 Å². The minimum absolute atomic E-state index is 0.234. The summed E-state index contributed by atoms with van der Waals surface area (Å²) in [7, 11) is 0. The SMILES string of the molecule is C1=CC(Nc2ccc3c4ccccc4c4ccccc4c3c2)CC=C1c1cccc2c1oc1ccccc12. The van der Waals surface area contributed by atoms with Gasteiger partial charge in [0.05, 0.1) is 0 Å². The Kier molecular flexibility index (Phi) is 4.68. The van der Waals surface area contributed by atoms with Gasteiger partial charge in [-0.15, -0.1) is 0 Å². The number of hydrogen-bond donors (Lipinski definition) is 1. The van der Waals surface area contributed by atoms with Gasteiger partial charge in [-0.25, -0.2) is 0 Å². The highest BCUT2D eigenvalue weighted by Crippen LogP contribution is 2.37. The lowest BCUT2D eigenvalue weighted by molar-refractivity contribution is 0.667. The van der Waals surface area contributed by atoms with Crippen LogP contribution < -0.4 is 5.32 Å². The van der Waals surface area contributed by atoms with Crippen LogP contribution in [0.1, 0.15) is 12.0 Å². The summed E-state index contributed by atoms with van der Waals surface area (Å²) >= 11 is 0. The fraction of sp³-hybridized carbons (Fsp3) is 0.0556. The molecule has 1 aliphatic carbocycles. The summed E-state index contributed by atoms with van der Waals surface area (Å²) in [5.74, 6) is 0. The number of furan rings is 1. The molecule has 1 atom stereocenters. The molecule has 1 heterocycles. The van der Waals surface area contributed by atoms with Crippen LogP contribution in [0.5, 0.6) is 0 Å². The van der Waals surface area contributed by atoms with Gasteiger partial charge in [0.25, 0.3) is 0 Å². The van der Waals surface area contributed by atoms with Gasteiger partial charge >= 0.3 is 0 Å². The van der Waals surface area contributed by atoms with Crippen molar-refractivity contribution in [2.24, 2.45) is 0 Å². The van der Waals surface area contributed by atoms with Crippen LogP contribution in [0.2, 0.25) is 0 Å². The molecule has 0 radical (unpaired) electrons. The molecule has 0 saturated carbocycles. The van der Waals surface area contributed by atoms with E-state index in [4.69, 9.17) is 4.42 Å². The third kappa shape index (κ3) is 3.27. The Hall–Kier alpha value is -4.82. The van der Waals surface area contributed by atoms with E-state index in [1.54, 1.807) is 0 Å². The van der Waals surface area contributed by atoms with Crippen molar-refractivity contribution in [1.29, 1.82) is 0 Å². The van der Waals surface area contributed by atoms with Crippen LogP contribution in [-0.4, -0.2) is 6.04 Å². The molecule has 0 amide bonds. The number of anilines is 1. The van der Waals surface area contributed by atoms with Gasteiger partial charge in [-0.3, -0.25) is 0 Å². The number of para-hydroxylation sites is 2. The monoisotopic (exact) mass is 487 g/mol. The summed E-state index contributed by atoms with van der Waals surface area (Å²) in [5.41, 5.74) is 5.40. The van der Waals surface area contributed by atoms with E-state index in [0.717, 1.165) is 28.8 Å². The summed E-state index contributed by atoms with van der Waals surface area (Å²) in [6.07, 6.45) is 7.75. The van der Waals surface area contributed by atoms with Crippen molar-refractivity contribution in [3.05, 3.63) is 133 Å². The lowest BCUT2D eigenvalue weighted by Gasteiger charge is -2.20. The molecular weight excluding hydrogens is 462 g/mol. The topological polar surface area (TPSA) is 25.2 Å². The molecule has 6 aromatic carbocycles. The van der Waals surface area contributed by atoms with Crippen molar-refractivity contribution >= 4 is 65.5 Å². The summed E-state index contributed by atoms with van der Waals surface area (Å²) < 4.78 is 6.28. The molecule has 0 spiro atoms. The summed E-state index contributed by atoms with van der Waals surface area (Å²) in [6.45, 7) is 0. The van der Waals surface area contributed by atoms with E-state index in [0.29, 0.717) is 0 Å². The third-order valence-electron chi connectivity index (χ3n) is 7.91. The molecule has 7 aromatic rings. The Bertz CT molecular complexity index is 2060. The molecule has 1 N–H and O–H groups in total. The molecule has 38 heavy (non-hydrogen) atoms. The second-order valence-corrected chi connectivity index (χ2v) is 10.1. The maximum absolute atomic E-state index is 6.28. The first kappa shape index (κ1) is 21.3. The van der Waals surface area contributed by atoms with Crippen molar-refractivity contribution in [2.75, 3.05) is 5.32 Å². The Morgan fingerprint density at radius 2 is 1.21 bits per heavy atom. The number of fused-ring (bicyclic) bond motifs is 9. The maximum atomic E-state index is 6.28. The van der Waals surface area contributed by atoms with E-state index in [9.17, 15) is 0 Å². The second-order valence-electron chi connectivity index (χ2n) is 10.1. The third-order valence-corrected chi connectivity index (χ3v) is 7.91. The molecule has 1 unspecified atom stereocenters. The molecule has 2 nitrogen and oxygen atoms in total. The summed E-state index contributed by atoms with van der Waals surface area (Å²) in [4.78, 5) is 0. The van der Waals surface area contributed by atoms with Crippen LogP contribution in [0, 0.1) is 0 Å². The molecule has 0 fully saturated rings. The molecule has 180 valence electrons. The zero-order valence-electron chi connectivity index (χ0n) is 20.8. The molecular formula is C36H25NO. The van der Waals surface area contributed by atoms with Gasteiger partial charge in [0, 0.05) is 28.1 Å². The van der Waals surface area contributed by atoms with Gasteiger partial charge in [0.1, 0.15) is 11.2 Å². The van der Waals surface area contributed by atoms with Gasteiger partial charge in [-0.05, 0) is 62.5 Å². The lowest BCUT2D eigenvalue weighted by Crippen LogP contribution is -2.17. The molecule has 0 saturated heterocycles. The Morgan fingerprint density at radius 1 is 0.579 bits per heavy atom. The van der Waals surface area contributed by atoms with Crippen LogP contribution in [0.25, 0.3) is 59.8 Å². The smallest absolute Gasteiger partial charge is 0.143 e. The fourth-order valence-corrected chi connectivity index (χ4v) is 6.11. The van der Waals surface area contributed by atoms with Crippen molar-refractivity contribution in [3.8, 4) is 0 Å². The molecule has 2 heteroatoms. The maximum Gasteiger partial charge on any atom is 0.143 e. The highest BCUT2D eigenvalue weighted by atomic mass is 16.3. The number of allylic oxidation sites excluding steroid dienone is 2. The first-order chi connectivity index (χ1) is 18.8. The van der Waals surface area contributed by atoms with Crippen molar-refractivity contribution in [2.45, 2.75) is 12.5 Å². The normalized spacial score (nSPS) is 15.6. The zero-order valence-corrected chi connectivity index (χ0v) is 20.8. The number of nitrogens with one attached hydrogen (secondary N) is 1. The Labute approximate surface area is 220 Å². The average Bonchev–Trinajstić information content (AvgIpc) is 3.37. The molecule has 1 aromatic heterocycles. The highest BCUT2D eigenvalue weighted by Gasteiger charge is 2.16.